The molecule has 0 radical (unpaired) electrons. The first-order valence-corrected chi connectivity index (χ1v) is 5.35. The quantitative estimate of drug-likeness (QED) is 0.545. The first-order chi connectivity index (χ1) is 5.15. The van der Waals surface area contributed by atoms with Gasteiger partial charge in [0.15, 0.2) is 0 Å². The van der Waals surface area contributed by atoms with Gasteiger partial charge in [-0.05, 0) is 52.8 Å². The van der Waals surface area contributed by atoms with E-state index in [1.807, 2.05) is 6.07 Å². The van der Waals surface area contributed by atoms with E-state index in [0.717, 1.165) is 14.7 Å². The molecule has 0 saturated heterocycles. The van der Waals surface area contributed by atoms with Crippen molar-refractivity contribution in [2.24, 2.45) is 0 Å². The fourth-order valence-electron chi connectivity index (χ4n) is 0.775. The van der Waals surface area contributed by atoms with E-state index in [4.69, 9.17) is 0 Å². The van der Waals surface area contributed by atoms with E-state index in [9.17, 15) is 4.39 Å². The van der Waals surface area contributed by atoms with Crippen molar-refractivity contribution < 1.29 is 4.39 Å². The minimum Gasteiger partial charge on any atom is -0.207 e. The standard InChI is InChI=1S/C8H7BrFI/c1-5-7(10)2-6(4-9)3-8(5)11/h2-3H,4H2,1H3. The first kappa shape index (κ1) is 9.45. The minimum absolute atomic E-state index is 0.119. The average Bonchev–Trinajstić information content (AvgIpc) is 1.99. The third kappa shape index (κ3) is 2.15. The van der Waals surface area contributed by atoms with Crippen LogP contribution in [-0.4, -0.2) is 0 Å². The van der Waals surface area contributed by atoms with Crippen molar-refractivity contribution in [1.29, 1.82) is 0 Å². The Kier molecular flexibility index (Phi) is 3.30. The fraction of sp³-hybridized carbons (Fsp3) is 0.250. The normalized spacial score (nSPS) is 10.2. The van der Waals surface area contributed by atoms with E-state index in [1.165, 1.54) is 0 Å². The zero-order chi connectivity index (χ0) is 8.43. The molecule has 0 nitrogen and oxygen atoms in total. The molecule has 0 aromatic heterocycles. The van der Waals surface area contributed by atoms with Gasteiger partial charge in [0.2, 0.25) is 0 Å². The number of hydrogen-bond donors (Lipinski definition) is 0. The fourth-order valence-corrected chi connectivity index (χ4v) is 1.76. The van der Waals surface area contributed by atoms with Crippen molar-refractivity contribution in [2.75, 3.05) is 0 Å². The van der Waals surface area contributed by atoms with Crippen molar-refractivity contribution >= 4 is 38.5 Å². The van der Waals surface area contributed by atoms with Gasteiger partial charge in [-0.25, -0.2) is 4.39 Å². The Morgan fingerprint density at radius 3 is 2.64 bits per heavy atom. The van der Waals surface area contributed by atoms with Gasteiger partial charge in [-0.3, -0.25) is 0 Å². The second kappa shape index (κ2) is 3.85. The van der Waals surface area contributed by atoms with Crippen LogP contribution in [0.1, 0.15) is 11.1 Å². The van der Waals surface area contributed by atoms with Crippen LogP contribution < -0.4 is 0 Å². The molecule has 1 aromatic rings. The highest BCUT2D eigenvalue weighted by Crippen LogP contribution is 2.18. The summed E-state index contributed by atoms with van der Waals surface area (Å²) < 4.78 is 14.0. The molecule has 0 saturated carbocycles. The topological polar surface area (TPSA) is 0 Å². The predicted octanol–water partition coefficient (Wildman–Crippen LogP) is 3.63. The second-order valence-corrected chi connectivity index (χ2v) is 4.04. The number of rotatable bonds is 1. The van der Waals surface area contributed by atoms with Crippen LogP contribution in [0.3, 0.4) is 0 Å². The Balaban J connectivity index is 3.21. The largest absolute Gasteiger partial charge is 0.207 e. The minimum atomic E-state index is -0.119. The van der Waals surface area contributed by atoms with Gasteiger partial charge >= 0.3 is 0 Å². The van der Waals surface area contributed by atoms with Crippen LogP contribution in [0.15, 0.2) is 12.1 Å². The van der Waals surface area contributed by atoms with Gasteiger partial charge in [0.05, 0.1) is 0 Å². The average molecular weight is 329 g/mol. The van der Waals surface area contributed by atoms with E-state index < -0.39 is 0 Å². The van der Waals surface area contributed by atoms with Crippen LogP contribution in [0.25, 0.3) is 0 Å². The van der Waals surface area contributed by atoms with E-state index >= 15 is 0 Å². The second-order valence-electron chi connectivity index (χ2n) is 2.32. The Morgan fingerprint density at radius 2 is 2.18 bits per heavy atom. The van der Waals surface area contributed by atoms with E-state index in [0.29, 0.717) is 5.33 Å². The lowest BCUT2D eigenvalue weighted by atomic mass is 10.2. The molecule has 0 amide bonds. The Labute approximate surface area is 87.5 Å². The predicted molar refractivity (Wildman–Crippen MR) is 56.5 cm³/mol. The maximum atomic E-state index is 13.0. The van der Waals surface area contributed by atoms with Gasteiger partial charge in [-0.1, -0.05) is 15.9 Å². The highest BCUT2D eigenvalue weighted by atomic mass is 127. The number of halogens is 3. The highest BCUT2D eigenvalue weighted by molar-refractivity contribution is 14.1. The molecule has 0 bridgehead atoms. The van der Waals surface area contributed by atoms with Gasteiger partial charge < -0.3 is 0 Å². The molecule has 0 aliphatic heterocycles. The van der Waals surface area contributed by atoms with Crippen molar-refractivity contribution in [3.63, 3.8) is 0 Å². The smallest absolute Gasteiger partial charge is 0.127 e. The van der Waals surface area contributed by atoms with Crippen LogP contribution >= 0.6 is 38.5 Å². The first-order valence-electron chi connectivity index (χ1n) is 3.15. The molecule has 60 valence electrons. The van der Waals surface area contributed by atoms with E-state index in [-0.39, 0.29) is 5.82 Å². The molecule has 0 N–H and O–H groups in total. The highest BCUT2D eigenvalue weighted by Gasteiger charge is 2.03. The Hall–Kier alpha value is 0.360. The molecule has 11 heavy (non-hydrogen) atoms. The molecule has 0 spiro atoms. The van der Waals surface area contributed by atoms with E-state index in [2.05, 4.69) is 38.5 Å². The molecular weight excluding hydrogens is 322 g/mol. The van der Waals surface area contributed by atoms with Crippen LogP contribution in [0.5, 0.6) is 0 Å². The van der Waals surface area contributed by atoms with Crippen molar-refractivity contribution in [3.8, 4) is 0 Å². The summed E-state index contributed by atoms with van der Waals surface area (Å²) in [5, 5.41) is 0.709. The molecule has 1 rings (SSSR count). The summed E-state index contributed by atoms with van der Waals surface area (Å²) >= 11 is 5.42. The monoisotopic (exact) mass is 328 g/mol. The van der Waals surface area contributed by atoms with Crippen LogP contribution in [0.2, 0.25) is 0 Å². The maximum Gasteiger partial charge on any atom is 0.127 e. The molecular formula is C8H7BrFI. The zero-order valence-corrected chi connectivity index (χ0v) is 9.74. The number of benzene rings is 1. The molecule has 0 heterocycles. The Morgan fingerprint density at radius 1 is 1.55 bits per heavy atom. The molecule has 3 heteroatoms. The SMILES string of the molecule is Cc1c(F)cc(CBr)cc1I. The summed E-state index contributed by atoms with van der Waals surface area (Å²) in [7, 11) is 0. The molecule has 1 aromatic carbocycles. The van der Waals surface area contributed by atoms with Crippen LogP contribution in [0.4, 0.5) is 4.39 Å². The maximum absolute atomic E-state index is 13.0. The Bertz CT molecular complexity index is 250. The van der Waals surface area contributed by atoms with Gasteiger partial charge in [0.25, 0.3) is 0 Å². The summed E-state index contributed by atoms with van der Waals surface area (Å²) in [6.45, 7) is 1.79. The zero-order valence-electron chi connectivity index (χ0n) is 6.00. The number of alkyl halides is 1. The van der Waals surface area contributed by atoms with Crippen molar-refractivity contribution in [2.45, 2.75) is 12.3 Å². The molecule has 0 aliphatic rings. The summed E-state index contributed by atoms with van der Waals surface area (Å²) in [5.41, 5.74) is 1.72. The summed E-state index contributed by atoms with van der Waals surface area (Å²) in [6, 6.07) is 3.54. The van der Waals surface area contributed by atoms with Crippen LogP contribution in [0, 0.1) is 16.3 Å². The van der Waals surface area contributed by atoms with Crippen LogP contribution in [-0.2, 0) is 5.33 Å². The van der Waals surface area contributed by atoms with Crippen molar-refractivity contribution in [1.82, 2.24) is 0 Å². The lowest BCUT2D eigenvalue weighted by Gasteiger charge is -2.02. The van der Waals surface area contributed by atoms with E-state index in [1.54, 1.807) is 13.0 Å². The van der Waals surface area contributed by atoms with Gasteiger partial charge in [0, 0.05) is 8.90 Å². The lowest BCUT2D eigenvalue weighted by Crippen LogP contribution is -1.89. The van der Waals surface area contributed by atoms with Gasteiger partial charge in [-0.2, -0.15) is 0 Å². The molecule has 0 unspecified atom stereocenters. The lowest BCUT2D eigenvalue weighted by molar-refractivity contribution is 0.616. The molecule has 0 fully saturated rings. The summed E-state index contributed by atoms with van der Waals surface area (Å²) in [5.74, 6) is -0.119. The summed E-state index contributed by atoms with van der Waals surface area (Å²) in [6.07, 6.45) is 0. The van der Waals surface area contributed by atoms with Crippen molar-refractivity contribution in [3.05, 3.63) is 32.6 Å². The third-order valence-electron chi connectivity index (χ3n) is 1.50. The molecule has 0 aliphatic carbocycles. The van der Waals surface area contributed by atoms with Gasteiger partial charge in [0.1, 0.15) is 5.82 Å². The number of hydrogen-bond acceptors (Lipinski definition) is 0. The van der Waals surface area contributed by atoms with Gasteiger partial charge in [-0.15, -0.1) is 0 Å². The molecule has 0 atom stereocenters. The summed E-state index contributed by atoms with van der Waals surface area (Å²) in [4.78, 5) is 0. The third-order valence-corrected chi connectivity index (χ3v) is 3.26.